The van der Waals surface area contributed by atoms with E-state index in [-0.39, 0.29) is 23.9 Å². The molecule has 0 radical (unpaired) electrons. The van der Waals surface area contributed by atoms with Gasteiger partial charge in [0, 0.05) is 45.4 Å². The normalized spacial score (nSPS) is 21.9. The molecule has 25 heavy (non-hydrogen) atoms. The molecule has 1 aromatic carbocycles. The molecular weight excluding hydrogens is 321 g/mol. The minimum Gasteiger partial charge on any atom is -0.381 e. The Morgan fingerprint density at radius 3 is 2.84 bits per heavy atom. The van der Waals surface area contributed by atoms with Crippen molar-refractivity contribution in [2.45, 2.75) is 44.7 Å². The van der Waals surface area contributed by atoms with Gasteiger partial charge in [0.2, 0.25) is 0 Å². The Bertz CT molecular complexity index is 604. The van der Waals surface area contributed by atoms with Crippen molar-refractivity contribution in [3.8, 4) is 0 Å². The third-order valence-electron chi connectivity index (χ3n) is 5.25. The van der Waals surface area contributed by atoms with Crippen molar-refractivity contribution in [3.63, 3.8) is 0 Å². The molecular formula is C19H28FN3O2. The maximum Gasteiger partial charge on any atom is 0.317 e. The molecule has 138 valence electrons. The quantitative estimate of drug-likeness (QED) is 0.913. The maximum absolute atomic E-state index is 14.2. The Hall–Kier alpha value is -1.82. The standard InChI is InChI=1S/C19H28FN3O2/c1-14-5-6-17(20)18(12-14)23-9-3-4-15(13-23)21-19(24)22(2)16-7-10-25-11-8-16/h5-6,12,15-16H,3-4,7-11,13H2,1-2H3,(H,21,24)/t15-/m1/s1. The topological polar surface area (TPSA) is 44.8 Å². The van der Waals surface area contributed by atoms with Crippen molar-refractivity contribution >= 4 is 11.7 Å². The van der Waals surface area contributed by atoms with E-state index in [0.29, 0.717) is 25.4 Å². The van der Waals surface area contributed by atoms with Crippen molar-refractivity contribution in [3.05, 3.63) is 29.6 Å². The number of halogens is 1. The average molecular weight is 349 g/mol. The van der Waals surface area contributed by atoms with E-state index in [0.717, 1.165) is 37.8 Å². The number of carbonyl (C=O) groups is 1. The molecule has 0 aromatic heterocycles. The fraction of sp³-hybridized carbons (Fsp3) is 0.632. The predicted molar refractivity (Wildman–Crippen MR) is 96.5 cm³/mol. The lowest BCUT2D eigenvalue weighted by atomic mass is 10.0. The van der Waals surface area contributed by atoms with Gasteiger partial charge >= 0.3 is 6.03 Å². The maximum atomic E-state index is 14.2. The Kier molecular flexibility index (Phi) is 5.78. The van der Waals surface area contributed by atoms with Gasteiger partial charge in [0.25, 0.3) is 0 Å². The summed E-state index contributed by atoms with van der Waals surface area (Å²) in [5.41, 5.74) is 1.68. The van der Waals surface area contributed by atoms with Crippen LogP contribution in [0.3, 0.4) is 0 Å². The average Bonchev–Trinajstić information content (AvgIpc) is 2.64. The molecule has 2 aliphatic rings. The van der Waals surface area contributed by atoms with E-state index in [1.54, 1.807) is 11.0 Å². The van der Waals surface area contributed by atoms with Gasteiger partial charge in [-0.15, -0.1) is 0 Å². The van der Waals surface area contributed by atoms with Gasteiger partial charge in [-0.3, -0.25) is 0 Å². The van der Waals surface area contributed by atoms with E-state index in [1.165, 1.54) is 6.07 Å². The van der Waals surface area contributed by atoms with Crippen LogP contribution in [0.1, 0.15) is 31.2 Å². The third kappa shape index (κ3) is 4.42. The molecule has 0 spiro atoms. The van der Waals surface area contributed by atoms with Gasteiger partial charge in [0.05, 0.1) is 5.69 Å². The minimum atomic E-state index is -0.197. The molecule has 1 aromatic rings. The number of rotatable bonds is 3. The highest BCUT2D eigenvalue weighted by atomic mass is 19.1. The fourth-order valence-electron chi connectivity index (χ4n) is 3.69. The lowest BCUT2D eigenvalue weighted by molar-refractivity contribution is 0.0521. The third-order valence-corrected chi connectivity index (χ3v) is 5.25. The highest BCUT2D eigenvalue weighted by Crippen LogP contribution is 2.24. The van der Waals surface area contributed by atoms with Crippen LogP contribution >= 0.6 is 0 Å². The molecule has 0 saturated carbocycles. The van der Waals surface area contributed by atoms with Gasteiger partial charge in [0.1, 0.15) is 5.82 Å². The van der Waals surface area contributed by atoms with E-state index in [9.17, 15) is 9.18 Å². The van der Waals surface area contributed by atoms with Crippen molar-refractivity contribution in [1.29, 1.82) is 0 Å². The predicted octanol–water partition coefficient (Wildman–Crippen LogP) is 2.92. The van der Waals surface area contributed by atoms with Crippen LogP contribution in [-0.2, 0) is 4.74 Å². The van der Waals surface area contributed by atoms with E-state index in [2.05, 4.69) is 5.32 Å². The summed E-state index contributed by atoms with van der Waals surface area (Å²) in [6, 6.07) is 5.43. The number of ether oxygens (including phenoxy) is 1. The second kappa shape index (κ2) is 8.04. The summed E-state index contributed by atoms with van der Waals surface area (Å²) in [6.07, 6.45) is 3.64. The van der Waals surface area contributed by atoms with Crippen molar-refractivity contribution in [1.82, 2.24) is 10.2 Å². The molecule has 2 heterocycles. The minimum absolute atomic E-state index is 0.0385. The Labute approximate surface area is 149 Å². The molecule has 1 N–H and O–H groups in total. The van der Waals surface area contributed by atoms with Crippen molar-refractivity contribution in [2.75, 3.05) is 38.3 Å². The molecule has 2 saturated heterocycles. The molecule has 0 aliphatic carbocycles. The van der Waals surface area contributed by atoms with E-state index < -0.39 is 0 Å². The number of urea groups is 1. The van der Waals surface area contributed by atoms with E-state index >= 15 is 0 Å². The summed E-state index contributed by atoms with van der Waals surface area (Å²) >= 11 is 0. The number of amides is 2. The SMILES string of the molecule is Cc1ccc(F)c(N2CCC[C@@H](NC(=O)N(C)C3CCOCC3)C2)c1. The molecule has 1 atom stereocenters. The van der Waals surface area contributed by atoms with Crippen LogP contribution in [0.4, 0.5) is 14.9 Å². The number of hydrogen-bond acceptors (Lipinski definition) is 3. The monoisotopic (exact) mass is 349 g/mol. The van der Waals surface area contributed by atoms with Gasteiger partial charge in [0.15, 0.2) is 0 Å². The van der Waals surface area contributed by atoms with Crippen LogP contribution in [-0.4, -0.2) is 56.4 Å². The summed E-state index contributed by atoms with van der Waals surface area (Å²) in [4.78, 5) is 16.4. The summed E-state index contributed by atoms with van der Waals surface area (Å²) < 4.78 is 19.5. The molecule has 3 rings (SSSR count). The number of carbonyl (C=O) groups excluding carboxylic acids is 1. The highest BCUT2D eigenvalue weighted by molar-refractivity contribution is 5.74. The molecule has 2 fully saturated rings. The summed E-state index contributed by atoms with van der Waals surface area (Å²) in [7, 11) is 1.85. The largest absolute Gasteiger partial charge is 0.381 e. The van der Waals surface area contributed by atoms with Gasteiger partial charge in [-0.05, 0) is 50.3 Å². The van der Waals surface area contributed by atoms with Gasteiger partial charge in [-0.2, -0.15) is 0 Å². The highest BCUT2D eigenvalue weighted by Gasteiger charge is 2.27. The number of benzene rings is 1. The number of hydrogen-bond donors (Lipinski definition) is 1. The van der Waals surface area contributed by atoms with E-state index in [4.69, 9.17) is 4.74 Å². The van der Waals surface area contributed by atoms with Crippen LogP contribution in [0.5, 0.6) is 0 Å². The van der Waals surface area contributed by atoms with Crippen LogP contribution < -0.4 is 10.2 Å². The van der Waals surface area contributed by atoms with Crippen molar-refractivity contribution in [2.24, 2.45) is 0 Å². The molecule has 0 unspecified atom stereocenters. The Morgan fingerprint density at radius 1 is 1.32 bits per heavy atom. The second-order valence-electron chi connectivity index (χ2n) is 7.14. The zero-order valence-corrected chi connectivity index (χ0v) is 15.1. The molecule has 2 aliphatic heterocycles. The second-order valence-corrected chi connectivity index (χ2v) is 7.14. The van der Waals surface area contributed by atoms with Gasteiger partial charge in [-0.25, -0.2) is 9.18 Å². The van der Waals surface area contributed by atoms with Crippen LogP contribution in [0, 0.1) is 12.7 Å². The summed E-state index contributed by atoms with van der Waals surface area (Å²) in [5, 5.41) is 3.13. The zero-order valence-electron chi connectivity index (χ0n) is 15.1. The first-order chi connectivity index (χ1) is 12.0. The van der Waals surface area contributed by atoms with Crippen LogP contribution in [0.15, 0.2) is 18.2 Å². The fourth-order valence-corrected chi connectivity index (χ4v) is 3.69. The Morgan fingerprint density at radius 2 is 2.08 bits per heavy atom. The number of nitrogens with zero attached hydrogens (tertiary/aromatic N) is 2. The molecule has 6 heteroatoms. The lowest BCUT2D eigenvalue weighted by Gasteiger charge is -2.37. The van der Waals surface area contributed by atoms with Crippen LogP contribution in [0.2, 0.25) is 0 Å². The number of nitrogens with one attached hydrogen (secondary N) is 1. The first kappa shape index (κ1) is 18.0. The van der Waals surface area contributed by atoms with Gasteiger partial charge < -0.3 is 19.9 Å². The molecule has 0 bridgehead atoms. The van der Waals surface area contributed by atoms with Crippen molar-refractivity contribution < 1.29 is 13.9 Å². The number of anilines is 1. The first-order valence-electron chi connectivity index (χ1n) is 9.17. The Balaban J connectivity index is 1.59. The zero-order chi connectivity index (χ0) is 17.8. The molecule has 5 nitrogen and oxygen atoms in total. The first-order valence-corrected chi connectivity index (χ1v) is 9.17. The van der Waals surface area contributed by atoms with Gasteiger partial charge in [-0.1, -0.05) is 6.07 Å². The molecule has 2 amide bonds. The van der Waals surface area contributed by atoms with E-state index in [1.807, 2.05) is 24.9 Å². The lowest BCUT2D eigenvalue weighted by Crippen LogP contribution is -2.53. The summed E-state index contributed by atoms with van der Waals surface area (Å²) in [5.74, 6) is -0.197. The smallest absolute Gasteiger partial charge is 0.317 e. The van der Waals surface area contributed by atoms with Crippen LogP contribution in [0.25, 0.3) is 0 Å². The number of aryl methyl sites for hydroxylation is 1. The number of piperidine rings is 1. The summed E-state index contributed by atoms with van der Waals surface area (Å²) in [6.45, 7) is 4.86.